The summed E-state index contributed by atoms with van der Waals surface area (Å²) in [5, 5.41) is 11.5. The van der Waals surface area contributed by atoms with Crippen molar-refractivity contribution in [2.45, 2.75) is 39.2 Å². The number of hydrogen-bond acceptors (Lipinski definition) is 3. The fourth-order valence-electron chi connectivity index (χ4n) is 1.49. The van der Waals surface area contributed by atoms with Crippen LogP contribution in [-0.4, -0.2) is 36.2 Å². The lowest BCUT2D eigenvalue weighted by molar-refractivity contribution is -0.153. The molecule has 0 saturated carbocycles. The summed E-state index contributed by atoms with van der Waals surface area (Å²) in [7, 11) is 0. The van der Waals surface area contributed by atoms with E-state index in [2.05, 4.69) is 5.32 Å². The first-order valence-corrected chi connectivity index (χ1v) is 5.58. The third-order valence-electron chi connectivity index (χ3n) is 2.87. The standard InChI is InChI=1S/C11H19NO4/c1-11(2,10(14)15)9(13)12-7-8-5-3-4-6-16-8/h8H,3-7H2,1-2H3,(H,12,13)(H,14,15). The van der Waals surface area contributed by atoms with Gasteiger partial charge in [0.25, 0.3) is 0 Å². The molecule has 1 aliphatic heterocycles. The Morgan fingerprint density at radius 2 is 2.12 bits per heavy atom. The predicted octanol–water partition coefficient (Wildman–Crippen LogP) is 0.782. The molecule has 5 nitrogen and oxygen atoms in total. The number of carbonyl (C=O) groups is 2. The molecule has 0 aromatic rings. The Balaban J connectivity index is 2.37. The molecular weight excluding hydrogens is 210 g/mol. The number of amides is 1. The number of nitrogens with one attached hydrogen (secondary N) is 1. The summed E-state index contributed by atoms with van der Waals surface area (Å²) < 4.78 is 5.44. The highest BCUT2D eigenvalue weighted by molar-refractivity contribution is 6.00. The number of aliphatic carboxylic acids is 1. The summed E-state index contributed by atoms with van der Waals surface area (Å²) in [6.45, 7) is 3.91. The van der Waals surface area contributed by atoms with E-state index in [0.29, 0.717) is 6.54 Å². The molecule has 1 rings (SSSR count). The highest BCUT2D eigenvalue weighted by Gasteiger charge is 2.36. The Bertz CT molecular complexity index is 269. The van der Waals surface area contributed by atoms with Crippen molar-refractivity contribution >= 4 is 11.9 Å². The largest absolute Gasteiger partial charge is 0.480 e. The zero-order valence-electron chi connectivity index (χ0n) is 9.78. The van der Waals surface area contributed by atoms with Crippen LogP contribution < -0.4 is 5.32 Å². The first-order chi connectivity index (χ1) is 7.44. The van der Waals surface area contributed by atoms with Crippen LogP contribution in [-0.2, 0) is 14.3 Å². The van der Waals surface area contributed by atoms with Crippen molar-refractivity contribution in [2.75, 3.05) is 13.2 Å². The third-order valence-corrected chi connectivity index (χ3v) is 2.87. The number of carbonyl (C=O) groups excluding carboxylic acids is 1. The van der Waals surface area contributed by atoms with E-state index < -0.39 is 17.3 Å². The van der Waals surface area contributed by atoms with Gasteiger partial charge in [-0.15, -0.1) is 0 Å². The first kappa shape index (κ1) is 13.0. The smallest absolute Gasteiger partial charge is 0.318 e. The van der Waals surface area contributed by atoms with Gasteiger partial charge in [-0.2, -0.15) is 0 Å². The highest BCUT2D eigenvalue weighted by atomic mass is 16.5. The summed E-state index contributed by atoms with van der Waals surface area (Å²) in [4.78, 5) is 22.4. The van der Waals surface area contributed by atoms with Crippen molar-refractivity contribution in [3.63, 3.8) is 0 Å². The highest BCUT2D eigenvalue weighted by Crippen LogP contribution is 2.16. The van der Waals surface area contributed by atoms with Crippen LogP contribution in [0.2, 0.25) is 0 Å². The van der Waals surface area contributed by atoms with Gasteiger partial charge < -0.3 is 15.2 Å². The van der Waals surface area contributed by atoms with Crippen LogP contribution >= 0.6 is 0 Å². The average molecular weight is 229 g/mol. The Morgan fingerprint density at radius 3 is 2.62 bits per heavy atom. The second-order valence-corrected chi connectivity index (χ2v) is 4.63. The topological polar surface area (TPSA) is 75.6 Å². The molecule has 1 amide bonds. The van der Waals surface area contributed by atoms with Crippen LogP contribution in [0.5, 0.6) is 0 Å². The molecule has 1 fully saturated rings. The van der Waals surface area contributed by atoms with Crippen molar-refractivity contribution in [1.82, 2.24) is 5.32 Å². The van der Waals surface area contributed by atoms with Gasteiger partial charge in [-0.05, 0) is 33.1 Å². The van der Waals surface area contributed by atoms with Crippen LogP contribution in [0.3, 0.4) is 0 Å². The maximum atomic E-state index is 11.6. The molecular formula is C11H19NO4. The zero-order valence-corrected chi connectivity index (χ0v) is 9.78. The van der Waals surface area contributed by atoms with E-state index in [1.807, 2.05) is 0 Å². The van der Waals surface area contributed by atoms with Crippen molar-refractivity contribution < 1.29 is 19.4 Å². The maximum absolute atomic E-state index is 11.6. The van der Waals surface area contributed by atoms with Crippen molar-refractivity contribution in [3.8, 4) is 0 Å². The van der Waals surface area contributed by atoms with Gasteiger partial charge in [0.1, 0.15) is 5.41 Å². The average Bonchev–Trinajstić information content (AvgIpc) is 2.27. The van der Waals surface area contributed by atoms with Crippen molar-refractivity contribution in [2.24, 2.45) is 5.41 Å². The maximum Gasteiger partial charge on any atom is 0.318 e. The van der Waals surface area contributed by atoms with Gasteiger partial charge in [0.05, 0.1) is 6.10 Å². The van der Waals surface area contributed by atoms with Gasteiger partial charge >= 0.3 is 5.97 Å². The van der Waals surface area contributed by atoms with Gasteiger partial charge in [0.2, 0.25) is 5.91 Å². The monoisotopic (exact) mass is 229 g/mol. The molecule has 1 saturated heterocycles. The second kappa shape index (κ2) is 5.30. The molecule has 0 aliphatic carbocycles. The Hall–Kier alpha value is -1.10. The van der Waals surface area contributed by atoms with Crippen LogP contribution in [0.25, 0.3) is 0 Å². The lowest BCUT2D eigenvalue weighted by atomic mass is 9.92. The zero-order chi connectivity index (χ0) is 12.2. The van der Waals surface area contributed by atoms with Gasteiger partial charge in [0, 0.05) is 13.2 Å². The van der Waals surface area contributed by atoms with Gasteiger partial charge in [-0.25, -0.2) is 0 Å². The lowest BCUT2D eigenvalue weighted by Crippen LogP contribution is -2.45. The van der Waals surface area contributed by atoms with Crippen LogP contribution in [0.15, 0.2) is 0 Å². The van der Waals surface area contributed by atoms with Gasteiger partial charge in [-0.3, -0.25) is 9.59 Å². The summed E-state index contributed by atoms with van der Waals surface area (Å²) in [6.07, 6.45) is 3.11. The number of carboxylic acid groups (broad SMARTS) is 1. The fourth-order valence-corrected chi connectivity index (χ4v) is 1.49. The SMILES string of the molecule is CC(C)(C(=O)O)C(=O)NCC1CCCCO1. The molecule has 2 N–H and O–H groups in total. The van der Waals surface area contributed by atoms with E-state index in [-0.39, 0.29) is 6.10 Å². The fraction of sp³-hybridized carbons (Fsp3) is 0.818. The predicted molar refractivity (Wildman–Crippen MR) is 58.0 cm³/mol. The molecule has 0 bridgehead atoms. The molecule has 1 heterocycles. The van der Waals surface area contributed by atoms with Gasteiger partial charge in [-0.1, -0.05) is 0 Å². The van der Waals surface area contributed by atoms with Crippen molar-refractivity contribution in [1.29, 1.82) is 0 Å². The second-order valence-electron chi connectivity index (χ2n) is 4.63. The molecule has 1 atom stereocenters. The molecule has 0 radical (unpaired) electrons. The van der Waals surface area contributed by atoms with E-state index >= 15 is 0 Å². The van der Waals surface area contributed by atoms with Crippen LogP contribution in [0.4, 0.5) is 0 Å². The normalized spacial score (nSPS) is 21.5. The van der Waals surface area contributed by atoms with E-state index in [9.17, 15) is 9.59 Å². The lowest BCUT2D eigenvalue weighted by Gasteiger charge is -2.25. The number of ether oxygens (including phenoxy) is 1. The van der Waals surface area contributed by atoms with E-state index in [1.165, 1.54) is 13.8 Å². The molecule has 0 aromatic carbocycles. The van der Waals surface area contributed by atoms with E-state index in [1.54, 1.807) is 0 Å². The quantitative estimate of drug-likeness (QED) is 0.699. The van der Waals surface area contributed by atoms with Gasteiger partial charge in [0.15, 0.2) is 0 Å². The summed E-state index contributed by atoms with van der Waals surface area (Å²) in [5.74, 6) is -1.58. The third kappa shape index (κ3) is 3.20. The van der Waals surface area contributed by atoms with Crippen molar-refractivity contribution in [3.05, 3.63) is 0 Å². The van der Waals surface area contributed by atoms with E-state index in [0.717, 1.165) is 25.9 Å². The summed E-state index contributed by atoms with van der Waals surface area (Å²) in [6, 6.07) is 0. The first-order valence-electron chi connectivity index (χ1n) is 5.58. The Morgan fingerprint density at radius 1 is 1.44 bits per heavy atom. The number of hydrogen-bond donors (Lipinski definition) is 2. The molecule has 16 heavy (non-hydrogen) atoms. The Labute approximate surface area is 95.2 Å². The van der Waals surface area contributed by atoms with E-state index in [4.69, 9.17) is 9.84 Å². The van der Waals surface area contributed by atoms with Crippen LogP contribution in [0, 0.1) is 5.41 Å². The molecule has 1 aliphatic rings. The van der Waals surface area contributed by atoms with Crippen LogP contribution in [0.1, 0.15) is 33.1 Å². The number of carboxylic acids is 1. The Kier molecular flexibility index (Phi) is 4.29. The minimum atomic E-state index is -1.38. The summed E-state index contributed by atoms with van der Waals surface area (Å²) in [5.41, 5.74) is -1.38. The minimum Gasteiger partial charge on any atom is -0.480 e. The molecule has 0 aromatic heterocycles. The minimum absolute atomic E-state index is 0.0299. The molecule has 1 unspecified atom stereocenters. The molecule has 5 heteroatoms. The molecule has 92 valence electrons. The summed E-state index contributed by atoms with van der Waals surface area (Å²) >= 11 is 0. The number of rotatable bonds is 4. The molecule has 0 spiro atoms.